The maximum Gasteiger partial charge on any atom is 0.164 e. The largest absolute Gasteiger partial charge is 0.456 e. The molecular weight excluding hydrogens is 615 g/mol. The lowest BCUT2D eigenvalue weighted by atomic mass is 9.98. The third kappa shape index (κ3) is 4.83. The molecule has 3 aromatic heterocycles. The van der Waals surface area contributed by atoms with Crippen molar-refractivity contribution in [3.05, 3.63) is 164 Å². The van der Waals surface area contributed by atoms with E-state index >= 15 is 0 Å². The minimum absolute atomic E-state index is 0.576. The zero-order chi connectivity index (χ0) is 33.0. The van der Waals surface area contributed by atoms with E-state index in [2.05, 4.69) is 97.1 Å². The van der Waals surface area contributed by atoms with Crippen molar-refractivity contribution in [3.63, 3.8) is 0 Å². The average molecular weight is 642 g/mol. The molecule has 5 heteroatoms. The predicted octanol–water partition coefficient (Wildman–Crippen LogP) is 12.0. The van der Waals surface area contributed by atoms with Gasteiger partial charge in [0.25, 0.3) is 0 Å². The number of fused-ring (bicyclic) bond motifs is 6. The molecule has 0 aliphatic carbocycles. The molecule has 0 bridgehead atoms. The Morgan fingerprint density at radius 2 is 0.720 bits per heavy atom. The second-order valence-electron chi connectivity index (χ2n) is 12.5. The molecule has 0 aliphatic rings. The SMILES string of the molecule is c1ccc(-c2cccc(-c3cccc(-c4nc(-c5ccccc5)nc(-c5ccc6c(c5)oc5cc7oc8ccccc8c7cc56)n4)c3)c2)cc1. The van der Waals surface area contributed by atoms with Crippen LogP contribution in [0.15, 0.2) is 173 Å². The Bertz CT molecular complexity index is 2870. The van der Waals surface area contributed by atoms with Gasteiger partial charge < -0.3 is 8.83 Å². The zero-order valence-corrected chi connectivity index (χ0v) is 26.7. The van der Waals surface area contributed by atoms with Gasteiger partial charge >= 0.3 is 0 Å². The van der Waals surface area contributed by atoms with Crippen molar-refractivity contribution in [1.82, 2.24) is 15.0 Å². The molecule has 0 amide bonds. The van der Waals surface area contributed by atoms with Gasteiger partial charge in [0.1, 0.15) is 22.3 Å². The van der Waals surface area contributed by atoms with Crippen LogP contribution in [0.5, 0.6) is 0 Å². The minimum Gasteiger partial charge on any atom is -0.456 e. The Kier molecular flexibility index (Phi) is 6.42. The summed E-state index contributed by atoms with van der Waals surface area (Å²) in [4.78, 5) is 15.0. The second kappa shape index (κ2) is 11.4. The minimum atomic E-state index is 0.576. The average Bonchev–Trinajstić information content (AvgIpc) is 3.74. The van der Waals surface area contributed by atoms with Crippen LogP contribution >= 0.6 is 0 Å². The van der Waals surface area contributed by atoms with E-state index in [1.54, 1.807) is 0 Å². The number of para-hydroxylation sites is 1. The molecule has 0 N–H and O–H groups in total. The first-order valence-electron chi connectivity index (χ1n) is 16.6. The summed E-state index contributed by atoms with van der Waals surface area (Å²) in [6.45, 7) is 0. The summed E-state index contributed by atoms with van der Waals surface area (Å²) in [5.74, 6) is 1.79. The molecule has 0 atom stereocenters. The van der Waals surface area contributed by atoms with Gasteiger partial charge in [0.15, 0.2) is 17.5 Å². The summed E-state index contributed by atoms with van der Waals surface area (Å²) in [5, 5.41) is 4.23. The third-order valence-corrected chi connectivity index (χ3v) is 9.32. The third-order valence-electron chi connectivity index (χ3n) is 9.32. The van der Waals surface area contributed by atoms with Gasteiger partial charge in [0.2, 0.25) is 0 Å². The standard InChI is InChI=1S/C45H27N3O2/c1-3-11-28(12-4-1)30-15-9-16-31(23-30)32-17-10-18-33(24-32)44-46-43(29-13-5-2-6-14-29)47-45(48-44)34-21-22-36-38-26-37-35-19-7-8-20-39(35)49-41(37)27-42(38)50-40(36)25-34/h1-27H. The van der Waals surface area contributed by atoms with Crippen LogP contribution in [0.25, 0.3) is 100 Å². The van der Waals surface area contributed by atoms with Gasteiger partial charge in [-0.25, -0.2) is 15.0 Å². The maximum atomic E-state index is 6.42. The van der Waals surface area contributed by atoms with Crippen molar-refractivity contribution in [3.8, 4) is 56.4 Å². The molecule has 5 nitrogen and oxygen atoms in total. The highest BCUT2D eigenvalue weighted by molar-refractivity contribution is 6.15. The van der Waals surface area contributed by atoms with Gasteiger partial charge in [-0.2, -0.15) is 0 Å². The highest BCUT2D eigenvalue weighted by Crippen LogP contribution is 2.38. The fraction of sp³-hybridized carbons (Fsp3) is 0. The molecule has 7 aromatic carbocycles. The number of hydrogen-bond donors (Lipinski definition) is 0. The molecule has 0 spiro atoms. The van der Waals surface area contributed by atoms with Crippen molar-refractivity contribution in [2.75, 3.05) is 0 Å². The molecule has 0 aliphatic heterocycles. The number of benzene rings is 7. The van der Waals surface area contributed by atoms with Crippen LogP contribution in [0.2, 0.25) is 0 Å². The van der Waals surface area contributed by atoms with E-state index in [0.717, 1.165) is 71.7 Å². The molecule has 0 saturated heterocycles. The molecule has 0 unspecified atom stereocenters. The van der Waals surface area contributed by atoms with Crippen LogP contribution in [0.1, 0.15) is 0 Å². The molecule has 0 fully saturated rings. The number of nitrogens with zero attached hydrogens (tertiary/aromatic N) is 3. The molecule has 0 saturated carbocycles. The Labute approximate surface area is 287 Å². The Morgan fingerprint density at radius 1 is 0.260 bits per heavy atom. The second-order valence-corrected chi connectivity index (χ2v) is 12.5. The van der Waals surface area contributed by atoms with Gasteiger partial charge in [0.05, 0.1) is 0 Å². The lowest BCUT2D eigenvalue weighted by molar-refractivity contribution is 0.656. The monoisotopic (exact) mass is 641 g/mol. The lowest BCUT2D eigenvalue weighted by Gasteiger charge is -2.10. The van der Waals surface area contributed by atoms with Crippen LogP contribution in [-0.4, -0.2) is 15.0 Å². The van der Waals surface area contributed by atoms with Crippen molar-refractivity contribution in [1.29, 1.82) is 0 Å². The van der Waals surface area contributed by atoms with Gasteiger partial charge in [0, 0.05) is 44.3 Å². The van der Waals surface area contributed by atoms with E-state index in [1.165, 1.54) is 11.1 Å². The lowest BCUT2D eigenvalue weighted by Crippen LogP contribution is -2.00. The summed E-state index contributed by atoms with van der Waals surface area (Å²) in [6.07, 6.45) is 0. The first-order valence-corrected chi connectivity index (χ1v) is 16.6. The topological polar surface area (TPSA) is 65.0 Å². The molecule has 50 heavy (non-hydrogen) atoms. The predicted molar refractivity (Wildman–Crippen MR) is 202 cm³/mol. The Morgan fingerprint density at radius 3 is 1.42 bits per heavy atom. The van der Waals surface area contributed by atoms with E-state index in [1.807, 2.05) is 66.7 Å². The first-order chi connectivity index (χ1) is 24.7. The highest BCUT2D eigenvalue weighted by atomic mass is 16.3. The summed E-state index contributed by atoms with van der Waals surface area (Å²) in [7, 11) is 0. The zero-order valence-electron chi connectivity index (χ0n) is 26.7. The van der Waals surface area contributed by atoms with Crippen molar-refractivity contribution < 1.29 is 8.83 Å². The van der Waals surface area contributed by atoms with E-state index in [4.69, 9.17) is 23.8 Å². The van der Waals surface area contributed by atoms with E-state index < -0.39 is 0 Å². The normalized spacial score (nSPS) is 11.6. The molecule has 3 heterocycles. The summed E-state index contributed by atoms with van der Waals surface area (Å²) in [5.41, 5.74) is 10.5. The molecule has 0 radical (unpaired) electrons. The van der Waals surface area contributed by atoms with E-state index in [9.17, 15) is 0 Å². The highest BCUT2D eigenvalue weighted by Gasteiger charge is 2.17. The summed E-state index contributed by atoms with van der Waals surface area (Å²) < 4.78 is 12.6. The van der Waals surface area contributed by atoms with Gasteiger partial charge in [-0.1, -0.05) is 121 Å². The van der Waals surface area contributed by atoms with Crippen molar-refractivity contribution in [2.24, 2.45) is 0 Å². The summed E-state index contributed by atoms with van der Waals surface area (Å²) in [6, 6.07) is 55.9. The number of furan rings is 2. The molecular formula is C45H27N3O2. The number of rotatable bonds is 5. The number of hydrogen-bond acceptors (Lipinski definition) is 5. The van der Waals surface area contributed by atoms with Gasteiger partial charge in [-0.3, -0.25) is 0 Å². The molecule has 234 valence electrons. The van der Waals surface area contributed by atoms with E-state index in [-0.39, 0.29) is 0 Å². The fourth-order valence-corrected chi connectivity index (χ4v) is 6.83. The first kappa shape index (κ1) is 28.2. The van der Waals surface area contributed by atoms with Crippen molar-refractivity contribution >= 4 is 43.9 Å². The van der Waals surface area contributed by atoms with Crippen LogP contribution in [0, 0.1) is 0 Å². The van der Waals surface area contributed by atoms with Gasteiger partial charge in [-0.05, 0) is 58.7 Å². The molecule has 10 rings (SSSR count). The van der Waals surface area contributed by atoms with Crippen LogP contribution in [-0.2, 0) is 0 Å². The van der Waals surface area contributed by atoms with Gasteiger partial charge in [-0.15, -0.1) is 0 Å². The Balaban J connectivity index is 1.09. The van der Waals surface area contributed by atoms with Crippen molar-refractivity contribution in [2.45, 2.75) is 0 Å². The van der Waals surface area contributed by atoms with Crippen LogP contribution < -0.4 is 0 Å². The Hall–Kier alpha value is -6.85. The maximum absolute atomic E-state index is 6.42. The smallest absolute Gasteiger partial charge is 0.164 e. The fourth-order valence-electron chi connectivity index (χ4n) is 6.83. The van der Waals surface area contributed by atoms with E-state index in [0.29, 0.717) is 17.5 Å². The summed E-state index contributed by atoms with van der Waals surface area (Å²) >= 11 is 0. The van der Waals surface area contributed by atoms with Crippen LogP contribution in [0.4, 0.5) is 0 Å². The number of aromatic nitrogens is 3. The molecule has 10 aromatic rings. The quantitative estimate of drug-likeness (QED) is 0.187. The van der Waals surface area contributed by atoms with Crippen LogP contribution in [0.3, 0.4) is 0 Å².